The first kappa shape index (κ1) is 20.4. The Labute approximate surface area is 179 Å². The maximum Gasteiger partial charge on any atom is 0.163 e. The SMILES string of the molecule is CO[C@H]1C[C@]2(C)[C@@H](C(=O)Cn3nccn3)C=C[C@H]2[C@@H]2CCC3C[C@H](O)CC[C@]3(C)[C@H]21. The number of hydrogen-bond donors (Lipinski definition) is 1. The van der Waals surface area contributed by atoms with Gasteiger partial charge in [-0.25, -0.2) is 0 Å². The first-order valence-electron chi connectivity index (χ1n) is 11.6. The van der Waals surface area contributed by atoms with E-state index in [-0.39, 0.29) is 41.3 Å². The summed E-state index contributed by atoms with van der Waals surface area (Å²) < 4.78 is 6.18. The van der Waals surface area contributed by atoms with E-state index in [1.807, 2.05) is 7.11 Å². The number of rotatable bonds is 4. The van der Waals surface area contributed by atoms with Crippen molar-refractivity contribution in [3.05, 3.63) is 24.5 Å². The van der Waals surface area contributed by atoms with Crippen LogP contribution in [-0.2, 0) is 16.1 Å². The highest BCUT2D eigenvalue weighted by Gasteiger charge is 2.63. The van der Waals surface area contributed by atoms with Crippen molar-refractivity contribution in [3.8, 4) is 0 Å². The fourth-order valence-electron chi connectivity index (χ4n) is 8.05. The van der Waals surface area contributed by atoms with Crippen LogP contribution < -0.4 is 0 Å². The van der Waals surface area contributed by atoms with Crippen molar-refractivity contribution in [3.63, 3.8) is 0 Å². The molecule has 0 bridgehead atoms. The number of nitrogens with zero attached hydrogens (tertiary/aromatic N) is 3. The minimum Gasteiger partial charge on any atom is -0.393 e. The number of aromatic nitrogens is 3. The Bertz CT molecular complexity index is 824. The molecule has 1 aromatic heterocycles. The molecule has 6 nitrogen and oxygen atoms in total. The number of allylic oxidation sites excluding steroid dienone is 2. The average Bonchev–Trinajstić information content (AvgIpc) is 3.34. The molecular formula is C24H35N3O3. The molecule has 1 unspecified atom stereocenters. The Balaban J connectivity index is 1.43. The third-order valence-electron chi connectivity index (χ3n) is 9.48. The van der Waals surface area contributed by atoms with Crippen molar-refractivity contribution in [1.29, 1.82) is 0 Å². The molecule has 0 amide bonds. The van der Waals surface area contributed by atoms with Crippen LogP contribution in [0.1, 0.15) is 52.4 Å². The van der Waals surface area contributed by atoms with E-state index in [0.29, 0.717) is 23.7 Å². The van der Waals surface area contributed by atoms with Crippen molar-refractivity contribution < 1.29 is 14.6 Å². The summed E-state index contributed by atoms with van der Waals surface area (Å²) in [5, 5.41) is 18.5. The van der Waals surface area contributed by atoms with E-state index in [1.54, 1.807) is 12.4 Å². The van der Waals surface area contributed by atoms with Crippen LogP contribution in [0.4, 0.5) is 0 Å². The van der Waals surface area contributed by atoms with Crippen LogP contribution in [0.15, 0.2) is 24.5 Å². The lowest BCUT2D eigenvalue weighted by molar-refractivity contribution is -0.182. The zero-order valence-electron chi connectivity index (χ0n) is 18.4. The van der Waals surface area contributed by atoms with Crippen LogP contribution in [0.25, 0.3) is 0 Å². The number of methoxy groups -OCH3 is 1. The molecule has 0 radical (unpaired) electrons. The molecule has 0 saturated heterocycles. The van der Waals surface area contributed by atoms with E-state index in [1.165, 1.54) is 17.6 Å². The Kier molecular flexibility index (Phi) is 4.93. The van der Waals surface area contributed by atoms with Gasteiger partial charge >= 0.3 is 0 Å². The van der Waals surface area contributed by atoms with Gasteiger partial charge in [0.05, 0.1) is 24.6 Å². The van der Waals surface area contributed by atoms with Gasteiger partial charge in [0, 0.05) is 13.0 Å². The molecule has 3 saturated carbocycles. The lowest BCUT2D eigenvalue weighted by Crippen LogP contribution is -2.60. The van der Waals surface area contributed by atoms with E-state index in [9.17, 15) is 9.90 Å². The second-order valence-electron chi connectivity index (χ2n) is 10.8. The topological polar surface area (TPSA) is 77.2 Å². The van der Waals surface area contributed by atoms with Crippen molar-refractivity contribution in [1.82, 2.24) is 15.0 Å². The zero-order valence-corrected chi connectivity index (χ0v) is 18.4. The quantitative estimate of drug-likeness (QED) is 0.767. The number of ether oxygens (including phenoxy) is 1. The van der Waals surface area contributed by atoms with E-state index >= 15 is 0 Å². The number of ketones is 1. The number of aliphatic hydroxyl groups excluding tert-OH is 1. The molecule has 1 aromatic rings. The van der Waals surface area contributed by atoms with Crippen molar-refractivity contribution in [2.24, 2.45) is 40.4 Å². The van der Waals surface area contributed by atoms with Crippen LogP contribution in [0.3, 0.4) is 0 Å². The average molecular weight is 414 g/mol. The predicted octanol–water partition coefficient (Wildman–Crippen LogP) is 3.27. The number of aliphatic hydroxyl groups is 1. The molecule has 4 aliphatic carbocycles. The van der Waals surface area contributed by atoms with E-state index in [4.69, 9.17) is 4.74 Å². The Morgan fingerprint density at radius 1 is 1.17 bits per heavy atom. The van der Waals surface area contributed by atoms with Crippen LogP contribution in [0, 0.1) is 40.4 Å². The molecule has 4 aliphatic rings. The third-order valence-corrected chi connectivity index (χ3v) is 9.48. The van der Waals surface area contributed by atoms with Gasteiger partial charge in [-0.3, -0.25) is 4.79 Å². The van der Waals surface area contributed by atoms with Gasteiger partial charge in [0.2, 0.25) is 0 Å². The first-order chi connectivity index (χ1) is 14.4. The van der Waals surface area contributed by atoms with Crippen LogP contribution in [0.5, 0.6) is 0 Å². The van der Waals surface area contributed by atoms with Gasteiger partial charge in [-0.05, 0) is 73.0 Å². The molecule has 164 valence electrons. The van der Waals surface area contributed by atoms with Gasteiger partial charge in [0.25, 0.3) is 0 Å². The van der Waals surface area contributed by atoms with Crippen molar-refractivity contribution in [2.75, 3.05) is 7.11 Å². The molecule has 9 atom stereocenters. The van der Waals surface area contributed by atoms with Crippen LogP contribution in [-0.4, -0.2) is 45.2 Å². The molecule has 30 heavy (non-hydrogen) atoms. The number of fused-ring (bicyclic) bond motifs is 5. The Morgan fingerprint density at radius 2 is 1.93 bits per heavy atom. The minimum absolute atomic E-state index is 0.106. The highest BCUT2D eigenvalue weighted by Crippen LogP contribution is 2.66. The van der Waals surface area contributed by atoms with Gasteiger partial charge in [-0.15, -0.1) is 0 Å². The zero-order chi connectivity index (χ0) is 21.1. The summed E-state index contributed by atoms with van der Waals surface area (Å²) in [6.07, 6.45) is 14.0. The van der Waals surface area contributed by atoms with E-state index in [0.717, 1.165) is 25.7 Å². The summed E-state index contributed by atoms with van der Waals surface area (Å²) in [4.78, 5) is 14.7. The predicted molar refractivity (Wildman–Crippen MR) is 112 cm³/mol. The second-order valence-corrected chi connectivity index (χ2v) is 10.8. The summed E-state index contributed by atoms with van der Waals surface area (Å²) in [6, 6.07) is 0. The number of hydrogen-bond acceptors (Lipinski definition) is 5. The normalized spacial score (nSPS) is 47.4. The highest BCUT2D eigenvalue weighted by molar-refractivity contribution is 5.84. The fourth-order valence-corrected chi connectivity index (χ4v) is 8.05. The molecule has 1 heterocycles. The molecule has 1 N–H and O–H groups in total. The maximum absolute atomic E-state index is 13.2. The number of Topliss-reactive ketones (excluding diaryl/α,β-unsaturated/α-hetero) is 1. The van der Waals surface area contributed by atoms with E-state index in [2.05, 4.69) is 36.2 Å². The molecule has 0 aliphatic heterocycles. The Hall–Kier alpha value is -1.53. The standard InChI is InChI=1S/C24H35N3O3/c1-23-9-8-16(28)12-15(23)4-5-17-18-6-7-19(20(29)14-27-25-10-11-26-27)24(18,2)13-21(30-3)22(17)23/h6-7,10-11,15-19,21-22,28H,4-5,8-9,12-14H2,1-3H3/t15?,16-,17+,18+,19-,21+,22-,23+,24+/m1/s1. The van der Waals surface area contributed by atoms with Gasteiger partial charge in [0.15, 0.2) is 5.78 Å². The molecular weight excluding hydrogens is 378 g/mol. The summed E-state index contributed by atoms with van der Waals surface area (Å²) in [5.74, 6) is 2.13. The highest BCUT2D eigenvalue weighted by atomic mass is 16.5. The van der Waals surface area contributed by atoms with Crippen LogP contribution in [0.2, 0.25) is 0 Å². The van der Waals surface area contributed by atoms with Crippen LogP contribution >= 0.6 is 0 Å². The van der Waals surface area contributed by atoms with Crippen molar-refractivity contribution in [2.45, 2.75) is 71.1 Å². The lowest BCUT2D eigenvalue weighted by Gasteiger charge is -2.62. The second kappa shape index (κ2) is 7.27. The number of carbonyl (C=O) groups excluding carboxylic acids is 1. The third kappa shape index (κ3) is 2.94. The molecule has 0 spiro atoms. The molecule has 0 aromatic carbocycles. The summed E-state index contributed by atoms with van der Waals surface area (Å²) in [5.41, 5.74) is 0.114. The van der Waals surface area contributed by atoms with E-state index < -0.39 is 0 Å². The summed E-state index contributed by atoms with van der Waals surface area (Å²) in [7, 11) is 1.85. The molecule has 6 heteroatoms. The summed E-state index contributed by atoms with van der Waals surface area (Å²) >= 11 is 0. The van der Waals surface area contributed by atoms with Gasteiger partial charge in [-0.2, -0.15) is 15.0 Å². The van der Waals surface area contributed by atoms with Gasteiger partial charge in [0.1, 0.15) is 6.54 Å². The largest absolute Gasteiger partial charge is 0.393 e. The number of carbonyl (C=O) groups is 1. The monoisotopic (exact) mass is 413 g/mol. The molecule has 3 fully saturated rings. The van der Waals surface area contributed by atoms with Gasteiger partial charge in [-0.1, -0.05) is 26.0 Å². The minimum atomic E-state index is -0.140. The Morgan fingerprint density at radius 3 is 2.67 bits per heavy atom. The first-order valence-corrected chi connectivity index (χ1v) is 11.6. The maximum atomic E-state index is 13.2. The lowest BCUT2D eigenvalue weighted by atomic mass is 9.43. The fraction of sp³-hybridized carbons (Fsp3) is 0.792. The van der Waals surface area contributed by atoms with Gasteiger partial charge < -0.3 is 9.84 Å². The smallest absolute Gasteiger partial charge is 0.163 e. The summed E-state index contributed by atoms with van der Waals surface area (Å²) in [6.45, 7) is 4.99. The van der Waals surface area contributed by atoms with Crippen molar-refractivity contribution >= 4 is 5.78 Å². The molecule has 5 rings (SSSR count).